The van der Waals surface area contributed by atoms with E-state index in [0.29, 0.717) is 6.04 Å². The van der Waals surface area contributed by atoms with Crippen molar-refractivity contribution in [2.75, 3.05) is 40.3 Å². The summed E-state index contributed by atoms with van der Waals surface area (Å²) >= 11 is 0. The standard InChI is InChI=1S/C14H25N5/c1-18-4-3-11(7-18)8-19(2)9-12-5-13-14(6-15-12)17-10-16-13/h10-12,15H,3-9H2,1-2H3,(H,16,17). The van der Waals surface area contributed by atoms with Crippen LogP contribution in [0.25, 0.3) is 0 Å². The van der Waals surface area contributed by atoms with Crippen molar-refractivity contribution in [3.05, 3.63) is 17.7 Å². The molecule has 1 aromatic rings. The van der Waals surface area contributed by atoms with Gasteiger partial charge in [-0.25, -0.2) is 4.98 Å². The highest BCUT2D eigenvalue weighted by Crippen LogP contribution is 2.17. The third-order valence-electron chi connectivity index (χ3n) is 4.41. The first kappa shape index (κ1) is 13.1. The van der Waals surface area contributed by atoms with Crippen LogP contribution in [0.15, 0.2) is 6.33 Å². The van der Waals surface area contributed by atoms with Gasteiger partial charge in [0.25, 0.3) is 0 Å². The number of nitrogens with zero attached hydrogens (tertiary/aromatic N) is 3. The highest BCUT2D eigenvalue weighted by Gasteiger charge is 2.24. The first-order chi connectivity index (χ1) is 9.20. The molecule has 1 aromatic heterocycles. The SMILES string of the molecule is CN1CCC(CN(C)CC2Cc3nc[nH]c3CN2)C1. The van der Waals surface area contributed by atoms with Crippen LogP contribution in [0.3, 0.4) is 0 Å². The molecule has 5 nitrogen and oxygen atoms in total. The Morgan fingerprint density at radius 3 is 3.16 bits per heavy atom. The molecule has 3 heterocycles. The molecular weight excluding hydrogens is 238 g/mol. The molecule has 2 aliphatic rings. The van der Waals surface area contributed by atoms with Crippen molar-refractivity contribution in [2.45, 2.75) is 25.4 Å². The predicted octanol–water partition coefficient (Wildman–Crippen LogP) is 0.308. The van der Waals surface area contributed by atoms with Crippen molar-refractivity contribution in [3.63, 3.8) is 0 Å². The minimum atomic E-state index is 0.542. The lowest BCUT2D eigenvalue weighted by atomic mass is 10.0. The van der Waals surface area contributed by atoms with E-state index in [-0.39, 0.29) is 0 Å². The van der Waals surface area contributed by atoms with E-state index in [9.17, 15) is 0 Å². The van der Waals surface area contributed by atoms with Gasteiger partial charge < -0.3 is 20.1 Å². The Bertz CT molecular complexity index is 416. The third kappa shape index (κ3) is 3.16. The molecule has 0 spiro atoms. The number of aromatic amines is 1. The van der Waals surface area contributed by atoms with Crippen molar-refractivity contribution in [3.8, 4) is 0 Å². The quantitative estimate of drug-likeness (QED) is 0.821. The number of H-pyrrole nitrogens is 1. The number of likely N-dealkylation sites (tertiary alicyclic amines) is 1. The van der Waals surface area contributed by atoms with Gasteiger partial charge in [0.2, 0.25) is 0 Å². The Balaban J connectivity index is 1.47. The highest BCUT2D eigenvalue weighted by atomic mass is 15.2. The maximum atomic E-state index is 4.41. The van der Waals surface area contributed by atoms with E-state index in [2.05, 4.69) is 39.2 Å². The molecule has 2 unspecified atom stereocenters. The van der Waals surface area contributed by atoms with Crippen LogP contribution in [-0.2, 0) is 13.0 Å². The summed E-state index contributed by atoms with van der Waals surface area (Å²) in [6.45, 7) is 5.78. The Morgan fingerprint density at radius 2 is 2.37 bits per heavy atom. The zero-order valence-corrected chi connectivity index (χ0v) is 12.0. The molecule has 1 fully saturated rings. The lowest BCUT2D eigenvalue weighted by Crippen LogP contribution is -2.44. The van der Waals surface area contributed by atoms with Crippen molar-refractivity contribution in [1.82, 2.24) is 25.1 Å². The zero-order valence-electron chi connectivity index (χ0n) is 12.0. The van der Waals surface area contributed by atoms with Gasteiger partial charge in [0, 0.05) is 38.6 Å². The molecule has 19 heavy (non-hydrogen) atoms. The first-order valence-electron chi connectivity index (χ1n) is 7.32. The summed E-state index contributed by atoms with van der Waals surface area (Å²) in [5.41, 5.74) is 2.51. The van der Waals surface area contributed by atoms with Crippen LogP contribution in [0.1, 0.15) is 17.8 Å². The lowest BCUT2D eigenvalue weighted by molar-refractivity contribution is 0.240. The summed E-state index contributed by atoms with van der Waals surface area (Å²) in [7, 11) is 4.47. The fraction of sp³-hybridized carbons (Fsp3) is 0.786. The number of likely N-dealkylation sites (N-methyl/N-ethyl adjacent to an activating group) is 1. The molecule has 0 radical (unpaired) electrons. The van der Waals surface area contributed by atoms with Crippen molar-refractivity contribution in [2.24, 2.45) is 5.92 Å². The first-order valence-corrected chi connectivity index (χ1v) is 7.32. The smallest absolute Gasteiger partial charge is 0.0925 e. The molecule has 2 N–H and O–H groups in total. The molecule has 0 saturated carbocycles. The van der Waals surface area contributed by atoms with Crippen LogP contribution in [-0.4, -0.2) is 66.1 Å². The van der Waals surface area contributed by atoms with Gasteiger partial charge in [0.1, 0.15) is 0 Å². The van der Waals surface area contributed by atoms with E-state index in [0.717, 1.165) is 25.4 Å². The summed E-state index contributed by atoms with van der Waals surface area (Å²) in [5, 5.41) is 3.60. The van der Waals surface area contributed by atoms with Crippen molar-refractivity contribution < 1.29 is 0 Å². The summed E-state index contributed by atoms with van der Waals surface area (Å²) < 4.78 is 0. The number of fused-ring (bicyclic) bond motifs is 1. The predicted molar refractivity (Wildman–Crippen MR) is 76.0 cm³/mol. The maximum absolute atomic E-state index is 4.41. The van der Waals surface area contributed by atoms with E-state index in [1.807, 2.05) is 6.33 Å². The summed E-state index contributed by atoms with van der Waals surface area (Å²) in [5.74, 6) is 0.847. The average molecular weight is 263 g/mol. The average Bonchev–Trinajstić information content (AvgIpc) is 2.97. The summed E-state index contributed by atoms with van der Waals surface area (Å²) in [4.78, 5) is 12.5. The second kappa shape index (κ2) is 5.61. The van der Waals surface area contributed by atoms with Gasteiger partial charge in [-0.1, -0.05) is 0 Å². The van der Waals surface area contributed by atoms with E-state index < -0.39 is 0 Å². The summed E-state index contributed by atoms with van der Waals surface area (Å²) in [6.07, 6.45) is 4.21. The monoisotopic (exact) mass is 263 g/mol. The molecule has 0 amide bonds. The van der Waals surface area contributed by atoms with Gasteiger partial charge >= 0.3 is 0 Å². The minimum absolute atomic E-state index is 0.542. The lowest BCUT2D eigenvalue weighted by Gasteiger charge is -2.29. The number of hydrogen-bond acceptors (Lipinski definition) is 4. The number of hydrogen-bond donors (Lipinski definition) is 2. The van der Waals surface area contributed by atoms with Crippen LogP contribution in [0.5, 0.6) is 0 Å². The molecule has 3 rings (SSSR count). The fourth-order valence-corrected chi connectivity index (χ4v) is 3.43. The topological polar surface area (TPSA) is 47.2 Å². The Morgan fingerprint density at radius 1 is 1.47 bits per heavy atom. The van der Waals surface area contributed by atoms with Gasteiger partial charge in [-0.15, -0.1) is 0 Å². The number of nitrogens with one attached hydrogen (secondary N) is 2. The van der Waals surface area contributed by atoms with E-state index in [4.69, 9.17) is 0 Å². The number of aromatic nitrogens is 2. The molecule has 106 valence electrons. The molecular formula is C14H25N5. The van der Waals surface area contributed by atoms with Crippen LogP contribution < -0.4 is 5.32 Å². The molecule has 0 aromatic carbocycles. The Hall–Kier alpha value is -0.910. The van der Waals surface area contributed by atoms with E-state index >= 15 is 0 Å². The van der Waals surface area contributed by atoms with Crippen LogP contribution in [0.2, 0.25) is 0 Å². The van der Waals surface area contributed by atoms with Crippen molar-refractivity contribution in [1.29, 1.82) is 0 Å². The largest absolute Gasteiger partial charge is 0.347 e. The molecule has 2 atom stereocenters. The molecule has 1 saturated heterocycles. The second-order valence-corrected chi connectivity index (χ2v) is 6.25. The van der Waals surface area contributed by atoms with Gasteiger partial charge in [0.05, 0.1) is 17.7 Å². The molecule has 0 bridgehead atoms. The minimum Gasteiger partial charge on any atom is -0.347 e. The molecule has 5 heteroatoms. The maximum Gasteiger partial charge on any atom is 0.0925 e. The zero-order chi connectivity index (χ0) is 13.2. The van der Waals surface area contributed by atoms with Crippen LogP contribution in [0, 0.1) is 5.92 Å². The van der Waals surface area contributed by atoms with Gasteiger partial charge in [-0.2, -0.15) is 0 Å². The Labute approximate surface area is 115 Å². The van der Waals surface area contributed by atoms with Crippen LogP contribution in [0.4, 0.5) is 0 Å². The second-order valence-electron chi connectivity index (χ2n) is 6.25. The third-order valence-corrected chi connectivity index (χ3v) is 4.41. The number of rotatable bonds is 4. The van der Waals surface area contributed by atoms with Crippen molar-refractivity contribution >= 4 is 0 Å². The Kier molecular flexibility index (Phi) is 3.86. The molecule has 2 aliphatic heterocycles. The normalized spacial score (nSPS) is 27.9. The highest BCUT2D eigenvalue weighted by molar-refractivity contribution is 5.15. The number of imidazole rings is 1. The van der Waals surface area contributed by atoms with E-state index in [1.165, 1.54) is 37.4 Å². The van der Waals surface area contributed by atoms with E-state index in [1.54, 1.807) is 0 Å². The van der Waals surface area contributed by atoms with Gasteiger partial charge in [-0.3, -0.25) is 0 Å². The molecule has 0 aliphatic carbocycles. The van der Waals surface area contributed by atoms with Crippen LogP contribution >= 0.6 is 0 Å². The van der Waals surface area contributed by atoms with Gasteiger partial charge in [-0.05, 0) is 33.0 Å². The fourth-order valence-electron chi connectivity index (χ4n) is 3.43. The summed E-state index contributed by atoms with van der Waals surface area (Å²) in [6, 6.07) is 0.542. The van der Waals surface area contributed by atoms with Gasteiger partial charge in [0.15, 0.2) is 0 Å².